The summed E-state index contributed by atoms with van der Waals surface area (Å²) in [5, 5.41) is 0. The maximum atomic E-state index is 11.1. The molecule has 0 saturated carbocycles. The number of hydrogen-bond acceptors (Lipinski definition) is 1. The summed E-state index contributed by atoms with van der Waals surface area (Å²) in [6, 6.07) is 0. The van der Waals surface area contributed by atoms with Crippen molar-refractivity contribution in [2.75, 3.05) is 0 Å². The second kappa shape index (κ2) is 5.79. The van der Waals surface area contributed by atoms with Crippen molar-refractivity contribution in [2.24, 2.45) is 0 Å². The zero-order valence-electron chi connectivity index (χ0n) is 7.51. The predicted molar refractivity (Wildman–Crippen MR) is 50.0 cm³/mol. The Kier molecular flexibility index (Phi) is 4.48. The van der Waals surface area contributed by atoms with E-state index in [1.54, 1.807) is 6.08 Å². The van der Waals surface area contributed by atoms with Gasteiger partial charge in [0.15, 0.2) is 5.78 Å². The monoisotopic (exact) mass is 164 g/mol. The number of hydrogen-bond donors (Lipinski definition) is 0. The molecule has 0 amide bonds. The molecular weight excluding hydrogens is 148 g/mol. The molecular formula is C11H16O. The lowest BCUT2D eigenvalue weighted by Crippen LogP contribution is -1.90. The van der Waals surface area contributed by atoms with Crippen molar-refractivity contribution >= 4 is 5.78 Å². The van der Waals surface area contributed by atoms with E-state index in [0.29, 0.717) is 6.42 Å². The molecule has 0 heterocycles. The standard InChI is InChI=1S/C11H16O/c12-11-9-7-5-3-1-2-4-6-8-10-11/h5,9H,1-4,6,8,10H2. The van der Waals surface area contributed by atoms with E-state index in [0.717, 1.165) is 12.8 Å². The molecule has 1 aliphatic carbocycles. The molecule has 1 aliphatic rings. The van der Waals surface area contributed by atoms with Gasteiger partial charge in [0.25, 0.3) is 0 Å². The molecule has 0 saturated heterocycles. The summed E-state index contributed by atoms with van der Waals surface area (Å²) in [5.74, 6) is 0.230. The van der Waals surface area contributed by atoms with Gasteiger partial charge in [-0.2, -0.15) is 0 Å². The van der Waals surface area contributed by atoms with Gasteiger partial charge in [0.1, 0.15) is 0 Å². The predicted octanol–water partition coefficient (Wildman–Crippen LogP) is 3.01. The molecule has 0 bridgehead atoms. The number of carbonyl (C=O) groups excluding carboxylic acids is 1. The van der Waals surface area contributed by atoms with Crippen molar-refractivity contribution in [3.8, 4) is 0 Å². The number of carbonyl (C=O) groups is 1. The Morgan fingerprint density at radius 2 is 1.83 bits per heavy atom. The summed E-state index contributed by atoms with van der Waals surface area (Å²) in [5.41, 5.74) is 2.93. The molecule has 0 aromatic heterocycles. The van der Waals surface area contributed by atoms with E-state index in [-0.39, 0.29) is 5.78 Å². The van der Waals surface area contributed by atoms with Crippen LogP contribution in [0.4, 0.5) is 0 Å². The molecule has 0 spiro atoms. The van der Waals surface area contributed by atoms with Gasteiger partial charge in [-0.05, 0) is 25.3 Å². The van der Waals surface area contributed by atoms with E-state index in [1.165, 1.54) is 25.7 Å². The molecule has 0 radical (unpaired) electrons. The molecule has 0 atom stereocenters. The third-order valence-electron chi connectivity index (χ3n) is 2.13. The third kappa shape index (κ3) is 4.15. The SMILES string of the molecule is O=C1C=C=CCCCCCCC1. The van der Waals surface area contributed by atoms with Crippen LogP contribution in [0.2, 0.25) is 0 Å². The highest BCUT2D eigenvalue weighted by atomic mass is 16.1. The molecule has 0 fully saturated rings. The van der Waals surface area contributed by atoms with E-state index in [1.807, 2.05) is 6.08 Å². The minimum absolute atomic E-state index is 0.230. The summed E-state index contributed by atoms with van der Waals surface area (Å²) in [7, 11) is 0. The molecule has 66 valence electrons. The zero-order valence-corrected chi connectivity index (χ0v) is 7.51. The van der Waals surface area contributed by atoms with E-state index < -0.39 is 0 Å². The lowest BCUT2D eigenvalue weighted by Gasteiger charge is -1.97. The van der Waals surface area contributed by atoms with Crippen molar-refractivity contribution in [1.82, 2.24) is 0 Å². The smallest absolute Gasteiger partial charge is 0.163 e. The summed E-state index contributed by atoms with van der Waals surface area (Å²) >= 11 is 0. The second-order valence-corrected chi connectivity index (χ2v) is 3.29. The van der Waals surface area contributed by atoms with Crippen LogP contribution in [0, 0.1) is 0 Å². The lowest BCUT2D eigenvalue weighted by molar-refractivity contribution is -0.114. The first-order chi connectivity index (χ1) is 5.89. The Hall–Kier alpha value is -0.810. The maximum Gasteiger partial charge on any atom is 0.163 e. The van der Waals surface area contributed by atoms with E-state index >= 15 is 0 Å². The van der Waals surface area contributed by atoms with Crippen LogP contribution in [0.1, 0.15) is 44.9 Å². The molecule has 0 aliphatic heterocycles. The molecule has 0 aromatic rings. The fraction of sp³-hybridized carbons (Fsp3) is 0.636. The summed E-state index contributed by atoms with van der Waals surface area (Å²) in [6.07, 6.45) is 11.4. The minimum Gasteiger partial charge on any atom is -0.294 e. The van der Waals surface area contributed by atoms with Gasteiger partial charge in [-0.1, -0.05) is 19.3 Å². The Bertz CT molecular complexity index is 197. The van der Waals surface area contributed by atoms with Crippen LogP contribution in [0.3, 0.4) is 0 Å². The number of rotatable bonds is 0. The van der Waals surface area contributed by atoms with Gasteiger partial charge in [0.05, 0.1) is 0 Å². The van der Waals surface area contributed by atoms with Crippen LogP contribution in [0.25, 0.3) is 0 Å². The van der Waals surface area contributed by atoms with Gasteiger partial charge in [-0.3, -0.25) is 4.79 Å². The molecule has 1 rings (SSSR count). The lowest BCUT2D eigenvalue weighted by atomic mass is 10.1. The Morgan fingerprint density at radius 3 is 2.75 bits per heavy atom. The van der Waals surface area contributed by atoms with Crippen LogP contribution in [0.5, 0.6) is 0 Å². The first-order valence-corrected chi connectivity index (χ1v) is 4.83. The highest BCUT2D eigenvalue weighted by molar-refractivity contribution is 5.89. The van der Waals surface area contributed by atoms with Crippen LogP contribution in [-0.2, 0) is 4.79 Å². The van der Waals surface area contributed by atoms with Gasteiger partial charge < -0.3 is 0 Å². The highest BCUT2D eigenvalue weighted by Gasteiger charge is 1.97. The van der Waals surface area contributed by atoms with Crippen LogP contribution < -0.4 is 0 Å². The topological polar surface area (TPSA) is 17.1 Å². The maximum absolute atomic E-state index is 11.1. The molecule has 0 N–H and O–H groups in total. The first-order valence-electron chi connectivity index (χ1n) is 4.83. The normalized spacial score (nSPS) is 20.5. The fourth-order valence-electron chi connectivity index (χ4n) is 1.38. The average Bonchev–Trinajstić information content (AvgIpc) is 2.11. The molecule has 12 heavy (non-hydrogen) atoms. The molecule has 0 unspecified atom stereocenters. The van der Waals surface area contributed by atoms with Crippen molar-refractivity contribution in [3.63, 3.8) is 0 Å². The third-order valence-corrected chi connectivity index (χ3v) is 2.13. The van der Waals surface area contributed by atoms with Crippen molar-refractivity contribution in [3.05, 3.63) is 17.9 Å². The molecule has 1 nitrogen and oxygen atoms in total. The Labute approximate surface area is 74.2 Å². The fourth-order valence-corrected chi connectivity index (χ4v) is 1.38. The van der Waals surface area contributed by atoms with Crippen molar-refractivity contribution in [2.45, 2.75) is 44.9 Å². The van der Waals surface area contributed by atoms with E-state index in [4.69, 9.17) is 0 Å². The Balaban J connectivity index is 2.41. The quantitative estimate of drug-likeness (QED) is 0.503. The molecule has 1 heteroatoms. The second-order valence-electron chi connectivity index (χ2n) is 3.29. The van der Waals surface area contributed by atoms with Crippen LogP contribution in [-0.4, -0.2) is 5.78 Å². The van der Waals surface area contributed by atoms with Gasteiger partial charge in [-0.15, -0.1) is 5.73 Å². The minimum atomic E-state index is 0.230. The van der Waals surface area contributed by atoms with E-state index in [9.17, 15) is 4.79 Å². The highest BCUT2D eigenvalue weighted by Crippen LogP contribution is 2.08. The zero-order chi connectivity index (χ0) is 8.65. The van der Waals surface area contributed by atoms with Gasteiger partial charge in [0.2, 0.25) is 0 Å². The van der Waals surface area contributed by atoms with Crippen LogP contribution >= 0.6 is 0 Å². The summed E-state index contributed by atoms with van der Waals surface area (Å²) < 4.78 is 0. The van der Waals surface area contributed by atoms with Crippen molar-refractivity contribution in [1.29, 1.82) is 0 Å². The number of ketones is 1. The van der Waals surface area contributed by atoms with Gasteiger partial charge >= 0.3 is 0 Å². The summed E-state index contributed by atoms with van der Waals surface area (Å²) in [6.45, 7) is 0. The average molecular weight is 164 g/mol. The van der Waals surface area contributed by atoms with Crippen molar-refractivity contribution < 1.29 is 4.79 Å². The Morgan fingerprint density at radius 1 is 1.08 bits per heavy atom. The first kappa shape index (κ1) is 9.28. The number of allylic oxidation sites excluding steroid dienone is 1. The van der Waals surface area contributed by atoms with E-state index in [2.05, 4.69) is 5.73 Å². The van der Waals surface area contributed by atoms with Gasteiger partial charge in [-0.25, -0.2) is 0 Å². The largest absolute Gasteiger partial charge is 0.294 e. The van der Waals surface area contributed by atoms with Gasteiger partial charge in [0, 0.05) is 12.5 Å². The summed E-state index contributed by atoms with van der Waals surface area (Å²) in [4.78, 5) is 11.1. The van der Waals surface area contributed by atoms with Crippen LogP contribution in [0.15, 0.2) is 17.9 Å². The molecule has 0 aromatic carbocycles.